The van der Waals surface area contributed by atoms with Gasteiger partial charge < -0.3 is 5.32 Å². The summed E-state index contributed by atoms with van der Waals surface area (Å²) < 4.78 is 0. The Morgan fingerprint density at radius 1 is 1.60 bits per heavy atom. The summed E-state index contributed by atoms with van der Waals surface area (Å²) in [5.41, 5.74) is 1.96. The molecule has 1 aliphatic heterocycles. The molecule has 1 aromatic rings. The maximum Gasteiger partial charge on any atom is 0.254 e. The Bertz CT molecular complexity index is 423. The van der Waals surface area contributed by atoms with E-state index < -0.39 is 0 Å². The lowest BCUT2D eigenvalue weighted by Crippen LogP contribution is -2.40. The molecule has 4 nitrogen and oxygen atoms in total. The van der Waals surface area contributed by atoms with Crippen LogP contribution in [0.5, 0.6) is 0 Å². The van der Waals surface area contributed by atoms with Crippen molar-refractivity contribution in [3.05, 3.63) is 17.5 Å². The number of rotatable bonds is 1. The van der Waals surface area contributed by atoms with Gasteiger partial charge in [0.15, 0.2) is 0 Å². The Morgan fingerprint density at radius 3 is 3.07 bits per heavy atom. The maximum atomic E-state index is 11.6. The molecule has 80 valence electrons. The summed E-state index contributed by atoms with van der Waals surface area (Å²) in [6.07, 6.45) is 2.81. The van der Waals surface area contributed by atoms with Crippen LogP contribution in [0.4, 0.5) is 0 Å². The molecule has 1 aliphatic carbocycles. The summed E-state index contributed by atoms with van der Waals surface area (Å²) in [5, 5.41) is 9.98. The molecule has 2 N–H and O–H groups in total. The molecule has 2 aliphatic rings. The molecular formula is C11H15N3O. The fourth-order valence-electron chi connectivity index (χ4n) is 2.96. The lowest BCUT2D eigenvalue weighted by atomic mass is 9.89. The maximum absolute atomic E-state index is 11.6. The van der Waals surface area contributed by atoms with Gasteiger partial charge in [-0.15, -0.1) is 0 Å². The third-order valence-electron chi connectivity index (χ3n) is 3.88. The number of aromatic amines is 1. The summed E-state index contributed by atoms with van der Waals surface area (Å²) in [4.78, 5) is 11.6. The van der Waals surface area contributed by atoms with Gasteiger partial charge >= 0.3 is 0 Å². The smallest absolute Gasteiger partial charge is 0.254 e. The highest BCUT2D eigenvalue weighted by Gasteiger charge is 2.60. The fraction of sp³-hybridized carbons (Fsp3) is 0.636. The van der Waals surface area contributed by atoms with Crippen molar-refractivity contribution < 1.29 is 4.79 Å². The predicted molar refractivity (Wildman–Crippen MR) is 55.5 cm³/mol. The topological polar surface area (TPSA) is 57.8 Å². The van der Waals surface area contributed by atoms with Crippen molar-refractivity contribution in [2.75, 3.05) is 6.54 Å². The second kappa shape index (κ2) is 2.62. The van der Waals surface area contributed by atoms with Crippen LogP contribution in [0.3, 0.4) is 0 Å². The first-order chi connectivity index (χ1) is 7.15. The normalized spacial score (nSPS) is 33.0. The van der Waals surface area contributed by atoms with Crippen LogP contribution in [0.1, 0.15) is 36.3 Å². The molecule has 0 bridgehead atoms. The van der Waals surface area contributed by atoms with Gasteiger partial charge in [-0.25, -0.2) is 0 Å². The molecule has 2 heterocycles. The Hall–Kier alpha value is -1.32. The summed E-state index contributed by atoms with van der Waals surface area (Å²) >= 11 is 0. The van der Waals surface area contributed by atoms with Crippen LogP contribution in [-0.2, 0) is 5.41 Å². The highest BCUT2D eigenvalue weighted by molar-refractivity contribution is 5.97. The van der Waals surface area contributed by atoms with Gasteiger partial charge in [-0.1, -0.05) is 13.8 Å². The van der Waals surface area contributed by atoms with Crippen LogP contribution >= 0.6 is 0 Å². The van der Waals surface area contributed by atoms with Crippen molar-refractivity contribution >= 4 is 5.91 Å². The molecule has 1 fully saturated rings. The molecule has 15 heavy (non-hydrogen) atoms. The molecule has 0 radical (unpaired) electrons. The van der Waals surface area contributed by atoms with Crippen LogP contribution in [0.2, 0.25) is 0 Å². The van der Waals surface area contributed by atoms with E-state index in [4.69, 9.17) is 0 Å². The number of nitrogens with zero attached hydrogens (tertiary/aromatic N) is 1. The van der Waals surface area contributed by atoms with Crippen molar-refractivity contribution in [2.24, 2.45) is 11.8 Å². The van der Waals surface area contributed by atoms with Gasteiger partial charge in [-0.05, 0) is 18.3 Å². The number of carbonyl (C=O) groups excluding carboxylic acids is 1. The van der Waals surface area contributed by atoms with E-state index in [0.717, 1.165) is 17.8 Å². The summed E-state index contributed by atoms with van der Waals surface area (Å²) in [6, 6.07) is 0. The van der Waals surface area contributed by atoms with Gasteiger partial charge in [-0.2, -0.15) is 5.10 Å². The minimum Gasteiger partial charge on any atom is -0.351 e. The first-order valence-corrected chi connectivity index (χ1v) is 5.47. The molecule has 1 amide bonds. The second-order valence-electron chi connectivity index (χ2n) is 5.05. The SMILES string of the molecule is CC(C)C1CC12CNC(=O)c1cn[nH]c12. The van der Waals surface area contributed by atoms with Crippen molar-refractivity contribution in [1.82, 2.24) is 15.5 Å². The van der Waals surface area contributed by atoms with Crippen molar-refractivity contribution in [1.29, 1.82) is 0 Å². The molecule has 1 aromatic heterocycles. The fourth-order valence-corrected chi connectivity index (χ4v) is 2.96. The van der Waals surface area contributed by atoms with Crippen LogP contribution in [-0.4, -0.2) is 22.6 Å². The second-order valence-corrected chi connectivity index (χ2v) is 5.05. The largest absolute Gasteiger partial charge is 0.351 e. The van der Waals surface area contributed by atoms with Gasteiger partial charge in [0.2, 0.25) is 0 Å². The third-order valence-corrected chi connectivity index (χ3v) is 3.88. The van der Waals surface area contributed by atoms with Gasteiger partial charge in [0, 0.05) is 12.0 Å². The lowest BCUT2D eigenvalue weighted by Gasteiger charge is -2.24. The molecular weight excluding hydrogens is 190 g/mol. The van der Waals surface area contributed by atoms with E-state index in [0.29, 0.717) is 11.8 Å². The number of aromatic nitrogens is 2. The molecule has 2 unspecified atom stereocenters. The summed E-state index contributed by atoms with van der Waals surface area (Å²) in [6.45, 7) is 5.25. The first kappa shape index (κ1) is 8.95. The minimum atomic E-state index is 0.0128. The zero-order valence-electron chi connectivity index (χ0n) is 9.00. The van der Waals surface area contributed by atoms with Gasteiger partial charge in [0.1, 0.15) is 0 Å². The predicted octanol–water partition coefficient (Wildman–Crippen LogP) is 1.07. The minimum absolute atomic E-state index is 0.0128. The summed E-state index contributed by atoms with van der Waals surface area (Å²) in [5.74, 6) is 1.35. The average Bonchev–Trinajstić information content (AvgIpc) is 2.70. The standard InChI is InChI=1S/C11H15N3O/c1-6(2)8-3-11(8)5-12-10(15)7-4-13-14-9(7)11/h4,6,8H,3,5H2,1-2H3,(H,12,15)(H,13,14). The average molecular weight is 205 g/mol. The van der Waals surface area contributed by atoms with E-state index in [1.165, 1.54) is 6.42 Å². The van der Waals surface area contributed by atoms with Crippen molar-refractivity contribution in [3.8, 4) is 0 Å². The molecule has 4 heteroatoms. The number of hydrogen-bond donors (Lipinski definition) is 2. The van der Waals surface area contributed by atoms with Gasteiger partial charge in [-0.3, -0.25) is 9.89 Å². The zero-order chi connectivity index (χ0) is 10.6. The van der Waals surface area contributed by atoms with Crippen LogP contribution in [0.15, 0.2) is 6.20 Å². The van der Waals surface area contributed by atoms with Crippen LogP contribution in [0, 0.1) is 11.8 Å². The number of hydrogen-bond acceptors (Lipinski definition) is 2. The van der Waals surface area contributed by atoms with E-state index in [1.54, 1.807) is 6.20 Å². The van der Waals surface area contributed by atoms with E-state index in [1.807, 2.05) is 0 Å². The van der Waals surface area contributed by atoms with Crippen molar-refractivity contribution in [2.45, 2.75) is 25.7 Å². The first-order valence-electron chi connectivity index (χ1n) is 5.47. The Balaban J connectivity index is 2.03. The molecule has 1 saturated carbocycles. The van der Waals surface area contributed by atoms with Gasteiger partial charge in [0.25, 0.3) is 5.91 Å². The molecule has 0 saturated heterocycles. The summed E-state index contributed by atoms with van der Waals surface area (Å²) in [7, 11) is 0. The number of amides is 1. The van der Waals surface area contributed by atoms with Crippen LogP contribution in [0.25, 0.3) is 0 Å². The Labute approximate surface area is 88.4 Å². The monoisotopic (exact) mass is 205 g/mol. The molecule has 2 atom stereocenters. The molecule has 1 spiro atoms. The zero-order valence-corrected chi connectivity index (χ0v) is 9.00. The molecule has 0 aromatic carbocycles. The number of carbonyl (C=O) groups is 1. The highest BCUT2D eigenvalue weighted by atomic mass is 16.1. The Morgan fingerprint density at radius 2 is 2.40 bits per heavy atom. The van der Waals surface area contributed by atoms with E-state index in [2.05, 4.69) is 29.4 Å². The highest BCUT2D eigenvalue weighted by Crippen LogP contribution is 2.58. The van der Waals surface area contributed by atoms with Gasteiger partial charge in [0.05, 0.1) is 17.5 Å². The van der Waals surface area contributed by atoms with Crippen LogP contribution < -0.4 is 5.32 Å². The third kappa shape index (κ3) is 1.02. The lowest BCUT2D eigenvalue weighted by molar-refractivity contribution is 0.0934. The number of H-pyrrole nitrogens is 1. The number of nitrogens with one attached hydrogen (secondary N) is 2. The van der Waals surface area contributed by atoms with E-state index in [9.17, 15) is 4.79 Å². The van der Waals surface area contributed by atoms with E-state index in [-0.39, 0.29) is 11.3 Å². The van der Waals surface area contributed by atoms with Crippen molar-refractivity contribution in [3.63, 3.8) is 0 Å². The quantitative estimate of drug-likeness (QED) is 0.720. The van der Waals surface area contributed by atoms with E-state index >= 15 is 0 Å². The molecule has 3 rings (SSSR count). The number of fused-ring (bicyclic) bond motifs is 2. The Kier molecular flexibility index (Phi) is 1.56.